The van der Waals surface area contributed by atoms with E-state index in [9.17, 15) is 9.18 Å². The second-order valence-electron chi connectivity index (χ2n) is 4.78. The molecule has 4 N–H and O–H groups in total. The standard InChI is InChI=1S/C16H18FN3O/c1-11(13-3-2-4-14(17)9-13)19-16(21)20-15-7-5-12(10-18)6-8-15/h2-9,11H,10,18H2,1H3,(H2,19,20,21). The number of halogens is 1. The summed E-state index contributed by atoms with van der Waals surface area (Å²) in [6, 6.07) is 12.8. The summed E-state index contributed by atoms with van der Waals surface area (Å²) in [5.41, 5.74) is 7.90. The molecule has 0 bridgehead atoms. The number of benzene rings is 2. The Hall–Kier alpha value is -2.40. The van der Waals surface area contributed by atoms with Gasteiger partial charge in [0.25, 0.3) is 0 Å². The predicted octanol–water partition coefficient (Wildman–Crippen LogP) is 3.17. The van der Waals surface area contributed by atoms with Crippen molar-refractivity contribution in [3.8, 4) is 0 Å². The molecule has 1 atom stereocenters. The van der Waals surface area contributed by atoms with Gasteiger partial charge in [0.1, 0.15) is 5.82 Å². The van der Waals surface area contributed by atoms with Crippen LogP contribution in [0, 0.1) is 5.82 Å². The molecule has 0 aliphatic heterocycles. The molecule has 1 unspecified atom stereocenters. The van der Waals surface area contributed by atoms with Gasteiger partial charge in [-0.2, -0.15) is 0 Å². The minimum absolute atomic E-state index is 0.288. The quantitative estimate of drug-likeness (QED) is 0.808. The molecule has 0 heterocycles. The second-order valence-corrected chi connectivity index (χ2v) is 4.78. The number of hydrogen-bond acceptors (Lipinski definition) is 2. The van der Waals surface area contributed by atoms with Crippen LogP contribution in [0.3, 0.4) is 0 Å². The van der Waals surface area contributed by atoms with Crippen LogP contribution in [0.25, 0.3) is 0 Å². The van der Waals surface area contributed by atoms with Crippen LogP contribution in [-0.4, -0.2) is 6.03 Å². The third-order valence-electron chi connectivity index (χ3n) is 3.14. The van der Waals surface area contributed by atoms with Gasteiger partial charge in [0.2, 0.25) is 0 Å². The smallest absolute Gasteiger partial charge is 0.319 e. The molecule has 2 amide bonds. The maximum Gasteiger partial charge on any atom is 0.319 e. The van der Waals surface area contributed by atoms with Gasteiger partial charge in [-0.05, 0) is 42.3 Å². The highest BCUT2D eigenvalue weighted by atomic mass is 19.1. The van der Waals surface area contributed by atoms with Crippen LogP contribution in [0.2, 0.25) is 0 Å². The SMILES string of the molecule is CC(NC(=O)Nc1ccc(CN)cc1)c1cccc(F)c1. The lowest BCUT2D eigenvalue weighted by atomic mass is 10.1. The second kappa shape index (κ2) is 6.85. The largest absolute Gasteiger partial charge is 0.331 e. The van der Waals surface area contributed by atoms with Crippen molar-refractivity contribution < 1.29 is 9.18 Å². The summed E-state index contributed by atoms with van der Waals surface area (Å²) in [5.74, 6) is -0.320. The molecule has 2 rings (SSSR count). The zero-order valence-electron chi connectivity index (χ0n) is 11.8. The van der Waals surface area contributed by atoms with Crippen molar-refractivity contribution in [2.24, 2.45) is 5.73 Å². The van der Waals surface area contributed by atoms with Crippen molar-refractivity contribution in [3.63, 3.8) is 0 Å². The van der Waals surface area contributed by atoms with Crippen LogP contribution < -0.4 is 16.4 Å². The van der Waals surface area contributed by atoms with Gasteiger partial charge in [-0.1, -0.05) is 24.3 Å². The Bertz CT molecular complexity index is 613. The number of nitrogens with two attached hydrogens (primary N) is 1. The summed E-state index contributed by atoms with van der Waals surface area (Å²) in [7, 11) is 0. The third-order valence-corrected chi connectivity index (χ3v) is 3.14. The Morgan fingerprint density at radius 2 is 1.95 bits per heavy atom. The molecule has 4 nitrogen and oxygen atoms in total. The van der Waals surface area contributed by atoms with Gasteiger partial charge >= 0.3 is 6.03 Å². The van der Waals surface area contributed by atoms with Crippen molar-refractivity contribution >= 4 is 11.7 Å². The van der Waals surface area contributed by atoms with Crippen molar-refractivity contribution in [3.05, 3.63) is 65.5 Å². The zero-order chi connectivity index (χ0) is 15.2. The lowest BCUT2D eigenvalue weighted by Gasteiger charge is -2.15. The Morgan fingerprint density at radius 1 is 1.24 bits per heavy atom. The maximum absolute atomic E-state index is 13.1. The molecular formula is C16H18FN3O. The van der Waals surface area contributed by atoms with Crippen LogP contribution >= 0.6 is 0 Å². The summed E-state index contributed by atoms with van der Waals surface area (Å²) in [6.07, 6.45) is 0. The van der Waals surface area contributed by atoms with E-state index in [1.807, 2.05) is 12.1 Å². The molecule has 110 valence electrons. The molecule has 0 radical (unpaired) electrons. The monoisotopic (exact) mass is 287 g/mol. The van der Waals surface area contributed by atoms with Crippen molar-refractivity contribution in [1.82, 2.24) is 5.32 Å². The molecule has 0 aromatic heterocycles. The van der Waals surface area contributed by atoms with Gasteiger partial charge in [0, 0.05) is 12.2 Å². The van der Waals surface area contributed by atoms with E-state index in [1.165, 1.54) is 12.1 Å². The van der Waals surface area contributed by atoms with E-state index < -0.39 is 0 Å². The number of carbonyl (C=O) groups is 1. The first-order chi connectivity index (χ1) is 10.1. The van der Waals surface area contributed by atoms with E-state index >= 15 is 0 Å². The molecule has 0 spiro atoms. The Balaban J connectivity index is 1.94. The highest BCUT2D eigenvalue weighted by Gasteiger charge is 2.10. The van der Waals surface area contributed by atoms with Crippen molar-refractivity contribution in [1.29, 1.82) is 0 Å². The topological polar surface area (TPSA) is 67.2 Å². The lowest BCUT2D eigenvalue weighted by molar-refractivity contribution is 0.249. The van der Waals surface area contributed by atoms with E-state index in [2.05, 4.69) is 10.6 Å². The summed E-state index contributed by atoms with van der Waals surface area (Å²) < 4.78 is 13.1. The van der Waals surface area contributed by atoms with Crippen molar-refractivity contribution in [2.75, 3.05) is 5.32 Å². The molecule has 0 saturated carbocycles. The summed E-state index contributed by atoms with van der Waals surface area (Å²) in [6.45, 7) is 2.26. The summed E-state index contributed by atoms with van der Waals surface area (Å²) >= 11 is 0. The minimum Gasteiger partial charge on any atom is -0.331 e. The van der Waals surface area contributed by atoms with Gasteiger partial charge in [-0.15, -0.1) is 0 Å². The molecule has 0 fully saturated rings. The Kier molecular flexibility index (Phi) is 4.90. The van der Waals surface area contributed by atoms with E-state index in [0.717, 1.165) is 5.56 Å². The molecule has 0 aliphatic carbocycles. The van der Waals surface area contributed by atoms with Gasteiger partial charge < -0.3 is 16.4 Å². The van der Waals surface area contributed by atoms with E-state index in [4.69, 9.17) is 5.73 Å². The number of hydrogen-bond donors (Lipinski definition) is 3. The van der Waals surface area contributed by atoms with Crippen LogP contribution in [0.4, 0.5) is 14.9 Å². The molecule has 2 aromatic carbocycles. The first-order valence-corrected chi connectivity index (χ1v) is 6.70. The fourth-order valence-electron chi connectivity index (χ4n) is 1.95. The summed E-state index contributed by atoms with van der Waals surface area (Å²) in [5, 5.41) is 5.48. The fourth-order valence-corrected chi connectivity index (χ4v) is 1.95. The highest BCUT2D eigenvalue weighted by molar-refractivity contribution is 5.89. The van der Waals surface area contributed by atoms with Crippen molar-refractivity contribution in [2.45, 2.75) is 19.5 Å². The minimum atomic E-state index is -0.341. The van der Waals surface area contributed by atoms with E-state index in [-0.39, 0.29) is 17.9 Å². The number of rotatable bonds is 4. The Labute approximate surface area is 123 Å². The predicted molar refractivity (Wildman–Crippen MR) is 81.3 cm³/mol. The van der Waals surface area contributed by atoms with Crippen LogP contribution in [-0.2, 0) is 6.54 Å². The normalized spacial score (nSPS) is 11.8. The molecular weight excluding hydrogens is 269 g/mol. The molecule has 0 saturated heterocycles. The summed E-state index contributed by atoms with van der Waals surface area (Å²) in [4.78, 5) is 11.9. The van der Waals surface area contributed by atoms with E-state index in [0.29, 0.717) is 17.8 Å². The number of carbonyl (C=O) groups excluding carboxylic acids is 1. The molecule has 0 aliphatic rings. The van der Waals surface area contributed by atoms with Crippen LogP contribution in [0.15, 0.2) is 48.5 Å². The van der Waals surface area contributed by atoms with E-state index in [1.54, 1.807) is 31.2 Å². The van der Waals surface area contributed by atoms with Gasteiger partial charge in [-0.25, -0.2) is 9.18 Å². The van der Waals surface area contributed by atoms with Gasteiger partial charge in [-0.3, -0.25) is 0 Å². The van der Waals surface area contributed by atoms with Crippen LogP contribution in [0.1, 0.15) is 24.1 Å². The molecule has 2 aromatic rings. The third kappa shape index (κ3) is 4.29. The molecule has 21 heavy (non-hydrogen) atoms. The molecule has 5 heteroatoms. The zero-order valence-corrected chi connectivity index (χ0v) is 11.8. The maximum atomic E-state index is 13.1. The van der Waals surface area contributed by atoms with Crippen LogP contribution in [0.5, 0.6) is 0 Å². The number of urea groups is 1. The average Bonchev–Trinajstić information content (AvgIpc) is 2.48. The Morgan fingerprint density at radius 3 is 2.57 bits per heavy atom. The first-order valence-electron chi connectivity index (χ1n) is 6.70. The number of nitrogens with one attached hydrogen (secondary N) is 2. The first kappa shape index (κ1) is 15.0. The number of amides is 2. The average molecular weight is 287 g/mol. The van der Waals surface area contributed by atoms with Gasteiger partial charge in [0.15, 0.2) is 0 Å². The number of anilines is 1. The van der Waals surface area contributed by atoms with Gasteiger partial charge in [0.05, 0.1) is 6.04 Å². The highest BCUT2D eigenvalue weighted by Crippen LogP contribution is 2.14. The fraction of sp³-hybridized carbons (Fsp3) is 0.188. The lowest BCUT2D eigenvalue weighted by Crippen LogP contribution is -2.31.